The second-order valence-corrected chi connectivity index (χ2v) is 4.58. The Kier molecular flexibility index (Phi) is 4.11. The van der Waals surface area contributed by atoms with Crippen LogP contribution in [0.25, 0.3) is 0 Å². The van der Waals surface area contributed by atoms with Crippen molar-refractivity contribution in [2.24, 2.45) is 0 Å². The van der Waals surface area contributed by atoms with Crippen molar-refractivity contribution in [3.05, 3.63) is 71.0 Å². The van der Waals surface area contributed by atoms with Gasteiger partial charge in [0, 0.05) is 6.04 Å². The maximum atomic E-state index is 12.9. The van der Waals surface area contributed by atoms with Gasteiger partial charge >= 0.3 is 0 Å². The van der Waals surface area contributed by atoms with Crippen LogP contribution < -0.4 is 5.32 Å². The zero-order valence-electron chi connectivity index (χ0n) is 10.8. The van der Waals surface area contributed by atoms with Crippen LogP contribution in [0.4, 0.5) is 4.39 Å². The predicted octanol–water partition coefficient (Wildman–Crippen LogP) is 3.64. The Balaban J connectivity index is 2.14. The summed E-state index contributed by atoms with van der Waals surface area (Å²) in [6.07, 6.45) is 0.905. The molecule has 1 nitrogen and oxygen atoms in total. The van der Waals surface area contributed by atoms with Crippen LogP contribution in [0.5, 0.6) is 0 Å². The van der Waals surface area contributed by atoms with E-state index in [1.165, 1.54) is 23.3 Å². The highest BCUT2D eigenvalue weighted by Crippen LogP contribution is 2.18. The van der Waals surface area contributed by atoms with Crippen LogP contribution in [0.3, 0.4) is 0 Å². The van der Waals surface area contributed by atoms with Gasteiger partial charge in [0.05, 0.1) is 0 Å². The smallest absolute Gasteiger partial charge is 0.123 e. The van der Waals surface area contributed by atoms with E-state index in [1.54, 1.807) is 0 Å². The number of hydrogen-bond acceptors (Lipinski definition) is 1. The van der Waals surface area contributed by atoms with E-state index in [1.807, 2.05) is 19.2 Å². The minimum absolute atomic E-state index is 0.191. The van der Waals surface area contributed by atoms with Gasteiger partial charge in [-0.25, -0.2) is 4.39 Å². The Labute approximate surface area is 108 Å². The predicted molar refractivity (Wildman–Crippen MR) is 73.1 cm³/mol. The Morgan fingerprint density at radius 3 is 2.17 bits per heavy atom. The molecule has 2 aromatic carbocycles. The number of halogens is 1. The van der Waals surface area contributed by atoms with E-state index < -0.39 is 0 Å². The summed E-state index contributed by atoms with van der Waals surface area (Å²) in [5.74, 6) is -0.191. The lowest BCUT2D eigenvalue weighted by Crippen LogP contribution is -2.18. The van der Waals surface area contributed by atoms with Gasteiger partial charge in [-0.3, -0.25) is 0 Å². The molecule has 0 bridgehead atoms. The van der Waals surface area contributed by atoms with Gasteiger partial charge in [-0.2, -0.15) is 0 Å². The van der Waals surface area contributed by atoms with E-state index in [0.29, 0.717) is 0 Å². The lowest BCUT2D eigenvalue weighted by molar-refractivity contribution is 0.586. The summed E-state index contributed by atoms with van der Waals surface area (Å²) in [6, 6.07) is 15.4. The lowest BCUT2D eigenvalue weighted by atomic mass is 9.98. The van der Waals surface area contributed by atoms with E-state index in [4.69, 9.17) is 0 Å². The lowest BCUT2D eigenvalue weighted by Gasteiger charge is -2.17. The number of benzene rings is 2. The minimum atomic E-state index is -0.191. The van der Waals surface area contributed by atoms with Gasteiger partial charge < -0.3 is 5.32 Å². The Hall–Kier alpha value is -1.67. The largest absolute Gasteiger partial charge is 0.313 e. The minimum Gasteiger partial charge on any atom is -0.313 e. The molecule has 0 radical (unpaired) electrons. The Morgan fingerprint density at radius 1 is 1.00 bits per heavy atom. The van der Waals surface area contributed by atoms with Crippen molar-refractivity contribution in [2.45, 2.75) is 19.4 Å². The van der Waals surface area contributed by atoms with Crippen molar-refractivity contribution in [3.8, 4) is 0 Å². The molecule has 2 rings (SSSR count). The highest BCUT2D eigenvalue weighted by atomic mass is 19.1. The van der Waals surface area contributed by atoms with Gasteiger partial charge in [0.2, 0.25) is 0 Å². The van der Waals surface area contributed by atoms with Crippen molar-refractivity contribution in [3.63, 3.8) is 0 Å². The van der Waals surface area contributed by atoms with Crippen molar-refractivity contribution in [1.82, 2.24) is 5.32 Å². The van der Waals surface area contributed by atoms with Gasteiger partial charge in [-0.15, -0.1) is 0 Å². The molecule has 0 saturated carbocycles. The maximum Gasteiger partial charge on any atom is 0.123 e. The van der Waals surface area contributed by atoms with Gasteiger partial charge in [0.15, 0.2) is 0 Å². The molecule has 1 unspecified atom stereocenters. The van der Waals surface area contributed by atoms with Crippen LogP contribution in [-0.2, 0) is 6.42 Å². The molecule has 0 spiro atoms. The normalized spacial score (nSPS) is 12.4. The maximum absolute atomic E-state index is 12.9. The monoisotopic (exact) mass is 243 g/mol. The average molecular weight is 243 g/mol. The molecule has 0 aromatic heterocycles. The van der Waals surface area contributed by atoms with E-state index in [9.17, 15) is 4.39 Å². The molecule has 0 fully saturated rings. The van der Waals surface area contributed by atoms with Crippen LogP contribution in [0.1, 0.15) is 22.7 Å². The number of likely N-dealkylation sites (N-methyl/N-ethyl adjacent to an activating group) is 1. The average Bonchev–Trinajstić information content (AvgIpc) is 2.39. The van der Waals surface area contributed by atoms with Crippen LogP contribution in [0.15, 0.2) is 48.5 Å². The third-order valence-corrected chi connectivity index (χ3v) is 3.18. The molecular formula is C16H18FN. The standard InChI is InChI=1S/C16H18FN/c1-12-3-5-13(6-4-12)11-16(18-2)14-7-9-15(17)10-8-14/h3-10,16,18H,11H2,1-2H3. The molecule has 0 amide bonds. The second kappa shape index (κ2) is 5.78. The Bertz CT molecular complexity index is 488. The zero-order valence-corrected chi connectivity index (χ0v) is 10.8. The van der Waals surface area contributed by atoms with Gasteiger partial charge in [-0.1, -0.05) is 42.0 Å². The molecule has 0 saturated heterocycles. The van der Waals surface area contributed by atoms with Crippen LogP contribution >= 0.6 is 0 Å². The number of hydrogen-bond donors (Lipinski definition) is 1. The van der Waals surface area contributed by atoms with Crippen LogP contribution in [-0.4, -0.2) is 7.05 Å². The molecule has 2 heteroatoms. The van der Waals surface area contributed by atoms with Crippen LogP contribution in [0.2, 0.25) is 0 Å². The molecule has 0 aliphatic heterocycles. The summed E-state index contributed by atoms with van der Waals surface area (Å²) in [5.41, 5.74) is 3.66. The topological polar surface area (TPSA) is 12.0 Å². The van der Waals surface area contributed by atoms with Crippen molar-refractivity contribution in [2.75, 3.05) is 7.05 Å². The van der Waals surface area contributed by atoms with Gasteiger partial charge in [0.1, 0.15) is 5.82 Å². The molecule has 1 atom stereocenters. The summed E-state index contributed by atoms with van der Waals surface area (Å²) in [5, 5.41) is 3.28. The molecule has 0 aliphatic carbocycles. The van der Waals surface area contributed by atoms with Crippen molar-refractivity contribution in [1.29, 1.82) is 0 Å². The number of aryl methyl sites for hydroxylation is 1. The first kappa shape index (κ1) is 12.8. The van der Waals surface area contributed by atoms with E-state index in [-0.39, 0.29) is 11.9 Å². The first-order valence-corrected chi connectivity index (χ1v) is 6.17. The first-order chi connectivity index (χ1) is 8.69. The molecule has 1 N–H and O–H groups in total. The summed E-state index contributed by atoms with van der Waals surface area (Å²) >= 11 is 0. The van der Waals surface area contributed by atoms with Crippen molar-refractivity contribution < 1.29 is 4.39 Å². The van der Waals surface area contributed by atoms with Crippen molar-refractivity contribution >= 4 is 0 Å². The molecule has 94 valence electrons. The molecule has 0 heterocycles. The van der Waals surface area contributed by atoms with E-state index in [2.05, 4.69) is 36.5 Å². The number of rotatable bonds is 4. The molecule has 18 heavy (non-hydrogen) atoms. The fourth-order valence-corrected chi connectivity index (χ4v) is 2.04. The zero-order chi connectivity index (χ0) is 13.0. The third-order valence-electron chi connectivity index (χ3n) is 3.18. The molecular weight excluding hydrogens is 225 g/mol. The van der Waals surface area contributed by atoms with Gasteiger partial charge in [-0.05, 0) is 43.7 Å². The highest BCUT2D eigenvalue weighted by Gasteiger charge is 2.09. The summed E-state index contributed by atoms with van der Waals surface area (Å²) in [6.45, 7) is 2.08. The van der Waals surface area contributed by atoms with Gasteiger partial charge in [0.25, 0.3) is 0 Å². The molecule has 0 aliphatic rings. The quantitative estimate of drug-likeness (QED) is 0.864. The summed E-state index contributed by atoms with van der Waals surface area (Å²) in [4.78, 5) is 0. The van der Waals surface area contributed by atoms with E-state index in [0.717, 1.165) is 12.0 Å². The highest BCUT2D eigenvalue weighted by molar-refractivity contribution is 5.26. The fourth-order valence-electron chi connectivity index (χ4n) is 2.04. The summed E-state index contributed by atoms with van der Waals surface area (Å²) in [7, 11) is 1.93. The fraction of sp³-hybridized carbons (Fsp3) is 0.250. The number of nitrogens with one attached hydrogen (secondary N) is 1. The first-order valence-electron chi connectivity index (χ1n) is 6.17. The van der Waals surface area contributed by atoms with E-state index >= 15 is 0 Å². The SMILES string of the molecule is CNC(Cc1ccc(C)cc1)c1ccc(F)cc1. The van der Waals surface area contributed by atoms with Crippen LogP contribution in [0, 0.1) is 12.7 Å². The molecule has 2 aromatic rings. The third kappa shape index (κ3) is 3.17. The Morgan fingerprint density at radius 2 is 1.61 bits per heavy atom. The summed E-state index contributed by atoms with van der Waals surface area (Å²) < 4.78 is 12.9. The second-order valence-electron chi connectivity index (χ2n) is 4.58.